The summed E-state index contributed by atoms with van der Waals surface area (Å²) in [7, 11) is 0. The first-order valence-electron chi connectivity index (χ1n) is 5.25. The van der Waals surface area contributed by atoms with E-state index in [-0.39, 0.29) is 35.0 Å². The highest BCUT2D eigenvalue weighted by molar-refractivity contribution is 5.84. The largest absolute Gasteiger partial charge is 0.299 e. The van der Waals surface area contributed by atoms with E-state index in [0.29, 0.717) is 5.92 Å². The van der Waals surface area contributed by atoms with Crippen molar-refractivity contribution in [2.24, 2.45) is 23.7 Å². The van der Waals surface area contributed by atoms with Crippen molar-refractivity contribution in [1.29, 1.82) is 0 Å². The number of ketones is 1. The molecule has 0 spiro atoms. The molecule has 4 nitrogen and oxygen atoms in total. The Labute approximate surface area is 82.8 Å². The third-order valence-electron chi connectivity index (χ3n) is 3.93. The van der Waals surface area contributed by atoms with Crippen LogP contribution >= 0.6 is 0 Å². The summed E-state index contributed by atoms with van der Waals surface area (Å²) >= 11 is 0. The van der Waals surface area contributed by atoms with Gasteiger partial charge < -0.3 is 0 Å². The maximum absolute atomic E-state index is 11.8. The Morgan fingerprint density at radius 3 is 2.86 bits per heavy atom. The molecular formula is C10H15NO3. The number of carbonyl (C=O) groups is 1. The van der Waals surface area contributed by atoms with Crippen LogP contribution in [-0.2, 0) is 4.79 Å². The molecule has 4 heteroatoms. The molecule has 0 aliphatic heterocycles. The normalized spacial score (nSPS) is 41.4. The molecule has 0 aromatic heterocycles. The summed E-state index contributed by atoms with van der Waals surface area (Å²) in [6.45, 7) is 1.84. The highest BCUT2D eigenvalue weighted by Gasteiger charge is 2.47. The molecule has 0 radical (unpaired) electrons. The van der Waals surface area contributed by atoms with Crippen molar-refractivity contribution in [3.8, 4) is 0 Å². The van der Waals surface area contributed by atoms with Gasteiger partial charge in [-0.05, 0) is 25.2 Å². The molecule has 2 rings (SSSR count). The van der Waals surface area contributed by atoms with Crippen molar-refractivity contribution in [2.75, 3.05) is 6.54 Å². The van der Waals surface area contributed by atoms with E-state index in [0.717, 1.165) is 19.3 Å². The smallest absolute Gasteiger partial charge is 0.207 e. The van der Waals surface area contributed by atoms with Gasteiger partial charge in [0.05, 0.1) is 0 Å². The molecule has 4 atom stereocenters. The van der Waals surface area contributed by atoms with Crippen LogP contribution in [0.3, 0.4) is 0 Å². The highest BCUT2D eigenvalue weighted by Crippen LogP contribution is 2.46. The van der Waals surface area contributed by atoms with E-state index in [9.17, 15) is 14.9 Å². The van der Waals surface area contributed by atoms with Crippen LogP contribution in [0.25, 0.3) is 0 Å². The van der Waals surface area contributed by atoms with Crippen molar-refractivity contribution in [2.45, 2.75) is 26.2 Å². The fraction of sp³-hybridized carbons (Fsp3) is 0.900. The number of nitro groups is 1. The van der Waals surface area contributed by atoms with Gasteiger partial charge in [0.15, 0.2) is 0 Å². The Bertz CT molecular complexity index is 277. The van der Waals surface area contributed by atoms with Crippen LogP contribution in [0, 0.1) is 33.8 Å². The lowest BCUT2D eigenvalue weighted by atomic mass is 9.72. The predicted molar refractivity (Wildman–Crippen MR) is 50.4 cm³/mol. The maximum Gasteiger partial charge on any atom is 0.207 e. The number of carbonyl (C=O) groups excluding carboxylic acids is 1. The Morgan fingerprint density at radius 2 is 2.21 bits per heavy atom. The second-order valence-electron chi connectivity index (χ2n) is 4.64. The number of rotatable bonds is 2. The van der Waals surface area contributed by atoms with Crippen LogP contribution in [0.4, 0.5) is 0 Å². The van der Waals surface area contributed by atoms with Crippen molar-refractivity contribution in [3.05, 3.63) is 10.1 Å². The molecule has 2 bridgehead atoms. The summed E-state index contributed by atoms with van der Waals surface area (Å²) < 4.78 is 0. The molecule has 78 valence electrons. The zero-order chi connectivity index (χ0) is 10.3. The van der Waals surface area contributed by atoms with Crippen LogP contribution < -0.4 is 0 Å². The maximum atomic E-state index is 11.8. The number of hydrogen-bond acceptors (Lipinski definition) is 3. The average Bonchev–Trinajstić information content (AvgIpc) is 2.55. The Balaban J connectivity index is 2.14. The molecule has 2 saturated carbocycles. The first kappa shape index (κ1) is 9.62. The molecule has 2 aliphatic rings. The fourth-order valence-electron chi connectivity index (χ4n) is 3.13. The van der Waals surface area contributed by atoms with Gasteiger partial charge in [0, 0.05) is 22.7 Å². The fourth-order valence-corrected chi connectivity index (χ4v) is 3.13. The molecule has 14 heavy (non-hydrogen) atoms. The van der Waals surface area contributed by atoms with Gasteiger partial charge in [-0.25, -0.2) is 0 Å². The summed E-state index contributed by atoms with van der Waals surface area (Å²) in [5, 5.41) is 10.5. The minimum absolute atomic E-state index is 0.00347. The molecule has 0 heterocycles. The summed E-state index contributed by atoms with van der Waals surface area (Å²) in [6, 6.07) is 0. The average molecular weight is 197 g/mol. The summed E-state index contributed by atoms with van der Waals surface area (Å²) in [4.78, 5) is 22.0. The van der Waals surface area contributed by atoms with Crippen molar-refractivity contribution < 1.29 is 9.72 Å². The first-order valence-corrected chi connectivity index (χ1v) is 5.25. The van der Waals surface area contributed by atoms with Gasteiger partial charge >= 0.3 is 0 Å². The van der Waals surface area contributed by atoms with E-state index in [1.54, 1.807) is 0 Å². The summed E-state index contributed by atoms with van der Waals surface area (Å²) in [5.41, 5.74) is 0. The second-order valence-corrected chi connectivity index (χ2v) is 4.64. The van der Waals surface area contributed by atoms with E-state index in [1.165, 1.54) is 0 Å². The summed E-state index contributed by atoms with van der Waals surface area (Å²) in [6.07, 6.45) is 2.88. The van der Waals surface area contributed by atoms with Crippen molar-refractivity contribution in [3.63, 3.8) is 0 Å². The quantitative estimate of drug-likeness (QED) is 0.498. The lowest BCUT2D eigenvalue weighted by Gasteiger charge is -2.30. The zero-order valence-electron chi connectivity index (χ0n) is 8.31. The van der Waals surface area contributed by atoms with Crippen LogP contribution in [-0.4, -0.2) is 17.3 Å². The van der Waals surface area contributed by atoms with E-state index < -0.39 is 0 Å². The van der Waals surface area contributed by atoms with Crippen LogP contribution in [0.5, 0.6) is 0 Å². The molecule has 0 aromatic carbocycles. The van der Waals surface area contributed by atoms with E-state index in [1.807, 2.05) is 6.92 Å². The van der Waals surface area contributed by atoms with Crippen molar-refractivity contribution in [1.82, 2.24) is 0 Å². The van der Waals surface area contributed by atoms with Gasteiger partial charge in [-0.15, -0.1) is 0 Å². The molecule has 2 aliphatic carbocycles. The number of hydrogen-bond donors (Lipinski definition) is 0. The van der Waals surface area contributed by atoms with Crippen LogP contribution in [0.15, 0.2) is 0 Å². The van der Waals surface area contributed by atoms with Gasteiger partial charge in [-0.1, -0.05) is 6.92 Å². The molecule has 0 aromatic rings. The van der Waals surface area contributed by atoms with Crippen molar-refractivity contribution >= 4 is 5.78 Å². The van der Waals surface area contributed by atoms with Crippen LogP contribution in [0.1, 0.15) is 26.2 Å². The van der Waals surface area contributed by atoms with E-state index >= 15 is 0 Å². The monoisotopic (exact) mass is 197 g/mol. The standard InChI is InChI=1S/C10H15NO3/c1-6-9(5-11(13)14)7-2-3-8(4-7)10(6)12/h6-9H,2-5H2,1H3/t6-,7?,8?,9+/m1/s1. The molecule has 0 amide bonds. The lowest BCUT2D eigenvalue weighted by Crippen LogP contribution is -2.38. The van der Waals surface area contributed by atoms with Gasteiger partial charge in [-0.2, -0.15) is 0 Å². The van der Waals surface area contributed by atoms with Crippen LogP contribution in [0.2, 0.25) is 0 Å². The minimum atomic E-state index is -0.271. The number of nitrogens with zero attached hydrogens (tertiary/aromatic N) is 1. The zero-order valence-corrected chi connectivity index (χ0v) is 8.31. The second kappa shape index (κ2) is 3.33. The van der Waals surface area contributed by atoms with E-state index in [2.05, 4.69) is 0 Å². The third-order valence-corrected chi connectivity index (χ3v) is 3.93. The van der Waals surface area contributed by atoms with E-state index in [4.69, 9.17) is 0 Å². The molecule has 2 fully saturated rings. The third kappa shape index (κ3) is 1.42. The summed E-state index contributed by atoms with van der Waals surface area (Å²) in [5.74, 6) is 0.824. The van der Waals surface area contributed by atoms with Gasteiger partial charge in [-0.3, -0.25) is 14.9 Å². The lowest BCUT2D eigenvalue weighted by molar-refractivity contribution is -0.491. The molecular weight excluding hydrogens is 182 g/mol. The number of Topliss-reactive ketones (excluding diaryl/α,β-unsaturated/α-hetero) is 1. The Kier molecular flexibility index (Phi) is 2.29. The predicted octanol–water partition coefficient (Wildman–Crippen LogP) is 1.51. The SMILES string of the molecule is C[C@H]1C(=O)C2CCC(C2)[C@H]1C[N+](=O)[O-]. The molecule has 2 unspecified atom stereocenters. The van der Waals surface area contributed by atoms with Gasteiger partial charge in [0.25, 0.3) is 0 Å². The molecule has 0 N–H and O–H groups in total. The van der Waals surface area contributed by atoms with Gasteiger partial charge in [0.2, 0.25) is 6.54 Å². The highest BCUT2D eigenvalue weighted by atomic mass is 16.6. The Morgan fingerprint density at radius 1 is 1.50 bits per heavy atom. The minimum Gasteiger partial charge on any atom is -0.299 e. The topological polar surface area (TPSA) is 60.2 Å². The van der Waals surface area contributed by atoms with Gasteiger partial charge in [0.1, 0.15) is 5.78 Å². The number of fused-ring (bicyclic) bond motifs is 2. The molecule has 0 saturated heterocycles. The Hall–Kier alpha value is -0.930. The first-order chi connectivity index (χ1) is 6.59.